The summed E-state index contributed by atoms with van der Waals surface area (Å²) in [6.07, 6.45) is 0. The van der Waals surface area contributed by atoms with Gasteiger partial charge in [-0.1, -0.05) is 36.4 Å². The van der Waals surface area contributed by atoms with Gasteiger partial charge in [-0.15, -0.1) is 23.1 Å². The number of hydrogen-bond acceptors (Lipinski definition) is 3. The van der Waals surface area contributed by atoms with Crippen molar-refractivity contribution in [1.82, 2.24) is 4.98 Å². The topological polar surface area (TPSA) is 12.9 Å². The van der Waals surface area contributed by atoms with Crippen molar-refractivity contribution in [2.75, 3.05) is 0 Å². The third kappa shape index (κ3) is 2.35. The molecule has 1 nitrogen and oxygen atoms in total. The summed E-state index contributed by atoms with van der Waals surface area (Å²) in [5, 5.41) is 4.74. The largest absolute Gasteiger partial charge is 0.249 e. The third-order valence-corrected chi connectivity index (χ3v) is 4.35. The van der Waals surface area contributed by atoms with Gasteiger partial charge in [0.15, 0.2) is 0 Å². The predicted molar refractivity (Wildman–Crippen MR) is 75.6 cm³/mol. The maximum atomic E-state index is 4.31. The first-order valence-corrected chi connectivity index (χ1v) is 7.34. The second-order valence-corrected chi connectivity index (χ2v) is 5.48. The molecule has 3 rings (SSSR count). The van der Waals surface area contributed by atoms with Crippen molar-refractivity contribution in [2.45, 2.75) is 10.6 Å². The first kappa shape index (κ1) is 10.8. The van der Waals surface area contributed by atoms with Crippen LogP contribution in [-0.4, -0.2) is 4.98 Å². The molecule has 0 saturated heterocycles. The Morgan fingerprint density at radius 2 is 1.94 bits per heavy atom. The Morgan fingerprint density at radius 1 is 1.06 bits per heavy atom. The molecule has 0 aliphatic rings. The second-order valence-electron chi connectivity index (χ2n) is 3.75. The number of fused-ring (bicyclic) bond motifs is 1. The Hall–Kier alpha value is -1.32. The molecule has 84 valence electrons. The van der Waals surface area contributed by atoms with E-state index in [-0.39, 0.29) is 0 Å². The SMILES string of the molecule is c1ccc2c(SCc3cscn3)cccc2c1. The van der Waals surface area contributed by atoms with E-state index in [2.05, 4.69) is 52.8 Å². The van der Waals surface area contributed by atoms with Crippen LogP contribution in [0.15, 0.2) is 58.3 Å². The van der Waals surface area contributed by atoms with Gasteiger partial charge >= 0.3 is 0 Å². The quantitative estimate of drug-likeness (QED) is 0.637. The summed E-state index contributed by atoms with van der Waals surface area (Å²) in [6.45, 7) is 0. The molecule has 0 unspecified atom stereocenters. The minimum absolute atomic E-state index is 0.942. The van der Waals surface area contributed by atoms with Crippen LogP contribution in [0.25, 0.3) is 10.8 Å². The average Bonchev–Trinajstić information content (AvgIpc) is 2.89. The maximum absolute atomic E-state index is 4.31. The number of hydrogen-bond donors (Lipinski definition) is 0. The molecule has 0 atom stereocenters. The number of thiazole rings is 1. The molecule has 0 aliphatic heterocycles. The number of benzene rings is 2. The van der Waals surface area contributed by atoms with E-state index < -0.39 is 0 Å². The Labute approximate surface area is 109 Å². The smallest absolute Gasteiger partial charge is 0.0795 e. The van der Waals surface area contributed by atoms with Crippen molar-refractivity contribution < 1.29 is 0 Å². The lowest BCUT2D eigenvalue weighted by Gasteiger charge is -2.04. The molecule has 0 saturated carbocycles. The molecule has 3 heteroatoms. The van der Waals surface area contributed by atoms with Gasteiger partial charge in [-0.05, 0) is 16.8 Å². The fourth-order valence-electron chi connectivity index (χ4n) is 1.78. The zero-order chi connectivity index (χ0) is 11.5. The van der Waals surface area contributed by atoms with Gasteiger partial charge in [-0.2, -0.15) is 0 Å². The van der Waals surface area contributed by atoms with Crippen molar-refractivity contribution >= 4 is 33.9 Å². The van der Waals surface area contributed by atoms with E-state index in [1.807, 2.05) is 17.3 Å². The van der Waals surface area contributed by atoms with Crippen molar-refractivity contribution in [3.05, 3.63) is 59.0 Å². The Morgan fingerprint density at radius 3 is 2.82 bits per heavy atom. The van der Waals surface area contributed by atoms with Crippen LogP contribution >= 0.6 is 23.1 Å². The monoisotopic (exact) mass is 257 g/mol. The van der Waals surface area contributed by atoms with E-state index in [1.165, 1.54) is 15.7 Å². The zero-order valence-corrected chi connectivity index (χ0v) is 10.8. The Balaban J connectivity index is 1.90. The molecule has 0 bridgehead atoms. The highest BCUT2D eigenvalue weighted by molar-refractivity contribution is 7.98. The van der Waals surface area contributed by atoms with Crippen molar-refractivity contribution in [3.63, 3.8) is 0 Å². The van der Waals surface area contributed by atoms with Crippen molar-refractivity contribution in [3.8, 4) is 0 Å². The molecular formula is C14H11NS2. The highest BCUT2D eigenvalue weighted by Gasteiger charge is 2.02. The first-order chi connectivity index (χ1) is 8.43. The van der Waals surface area contributed by atoms with Crippen LogP contribution in [0, 0.1) is 0 Å². The van der Waals surface area contributed by atoms with Crippen LogP contribution < -0.4 is 0 Å². The molecule has 0 aliphatic carbocycles. The number of aromatic nitrogens is 1. The van der Waals surface area contributed by atoms with Crippen molar-refractivity contribution in [1.29, 1.82) is 0 Å². The summed E-state index contributed by atoms with van der Waals surface area (Å²) in [6, 6.07) is 15.0. The predicted octanol–water partition coefficient (Wildman–Crippen LogP) is 4.59. The van der Waals surface area contributed by atoms with Crippen molar-refractivity contribution in [2.24, 2.45) is 0 Å². The van der Waals surface area contributed by atoms with Crippen LogP contribution in [0.1, 0.15) is 5.69 Å². The van der Waals surface area contributed by atoms with Gasteiger partial charge in [0.05, 0.1) is 11.2 Å². The van der Waals surface area contributed by atoms with Gasteiger partial charge in [0.25, 0.3) is 0 Å². The molecule has 17 heavy (non-hydrogen) atoms. The molecule has 0 amide bonds. The number of thioether (sulfide) groups is 1. The number of rotatable bonds is 3. The van der Waals surface area contributed by atoms with Gasteiger partial charge in [0, 0.05) is 16.0 Å². The maximum Gasteiger partial charge on any atom is 0.0795 e. The minimum atomic E-state index is 0.942. The van der Waals surface area contributed by atoms with Crippen LogP contribution in [-0.2, 0) is 5.75 Å². The summed E-state index contributed by atoms with van der Waals surface area (Å²) < 4.78 is 0. The molecule has 0 radical (unpaired) electrons. The normalized spacial score (nSPS) is 10.8. The minimum Gasteiger partial charge on any atom is -0.249 e. The van der Waals surface area contributed by atoms with Crippen LogP contribution in [0.4, 0.5) is 0 Å². The lowest BCUT2D eigenvalue weighted by molar-refractivity contribution is 1.23. The molecule has 0 spiro atoms. The van der Waals surface area contributed by atoms with E-state index in [0.29, 0.717) is 0 Å². The molecule has 1 heterocycles. The van der Waals surface area contributed by atoms with Crippen LogP contribution in [0.2, 0.25) is 0 Å². The average molecular weight is 257 g/mol. The highest BCUT2D eigenvalue weighted by Crippen LogP contribution is 2.29. The lowest BCUT2D eigenvalue weighted by atomic mass is 10.1. The second kappa shape index (κ2) is 4.90. The van der Waals surface area contributed by atoms with E-state index in [1.54, 1.807) is 11.3 Å². The van der Waals surface area contributed by atoms with Crippen LogP contribution in [0.5, 0.6) is 0 Å². The Bertz CT molecular complexity index is 612. The first-order valence-electron chi connectivity index (χ1n) is 5.41. The molecule has 2 aromatic carbocycles. The summed E-state index contributed by atoms with van der Waals surface area (Å²) in [4.78, 5) is 5.64. The summed E-state index contributed by atoms with van der Waals surface area (Å²) >= 11 is 3.51. The van der Waals surface area contributed by atoms with Gasteiger partial charge in [0.1, 0.15) is 0 Å². The molecule has 3 aromatic rings. The van der Waals surface area contributed by atoms with E-state index in [9.17, 15) is 0 Å². The van der Waals surface area contributed by atoms with E-state index >= 15 is 0 Å². The third-order valence-electron chi connectivity index (χ3n) is 2.61. The van der Waals surface area contributed by atoms with E-state index in [0.717, 1.165) is 11.4 Å². The highest BCUT2D eigenvalue weighted by atomic mass is 32.2. The number of nitrogens with zero attached hydrogens (tertiary/aromatic N) is 1. The molecule has 0 N–H and O–H groups in total. The fourth-order valence-corrected chi connectivity index (χ4v) is 3.42. The van der Waals surface area contributed by atoms with E-state index in [4.69, 9.17) is 0 Å². The van der Waals surface area contributed by atoms with Gasteiger partial charge < -0.3 is 0 Å². The zero-order valence-electron chi connectivity index (χ0n) is 9.17. The lowest BCUT2D eigenvalue weighted by Crippen LogP contribution is -1.81. The molecule has 1 aromatic heterocycles. The molecule has 0 fully saturated rings. The van der Waals surface area contributed by atoms with Crippen LogP contribution in [0.3, 0.4) is 0 Å². The Kier molecular flexibility index (Phi) is 3.12. The summed E-state index contributed by atoms with van der Waals surface area (Å²) in [5.41, 5.74) is 3.05. The molecular weight excluding hydrogens is 246 g/mol. The summed E-state index contributed by atoms with van der Waals surface area (Å²) in [7, 11) is 0. The van der Waals surface area contributed by atoms with Gasteiger partial charge in [-0.3, -0.25) is 0 Å². The van der Waals surface area contributed by atoms with Gasteiger partial charge in [0.2, 0.25) is 0 Å². The summed E-state index contributed by atoms with van der Waals surface area (Å²) in [5.74, 6) is 0.942. The standard InChI is InChI=1S/C14H11NS2/c1-2-6-13-11(4-1)5-3-7-14(13)17-9-12-8-16-10-15-12/h1-8,10H,9H2. The van der Waals surface area contributed by atoms with Gasteiger partial charge in [-0.25, -0.2) is 4.98 Å². The fraction of sp³-hybridized carbons (Fsp3) is 0.0714.